The van der Waals surface area contributed by atoms with Gasteiger partial charge in [0.05, 0.1) is 7.11 Å². The number of rotatable bonds is 8. The minimum absolute atomic E-state index is 0.215. The van der Waals surface area contributed by atoms with Crippen LogP contribution in [-0.2, 0) is 13.0 Å². The maximum Gasteiger partial charge on any atom is 0.270 e. The van der Waals surface area contributed by atoms with Crippen LogP contribution in [0.15, 0.2) is 53.9 Å². The van der Waals surface area contributed by atoms with Crippen LogP contribution in [0.25, 0.3) is 0 Å². The molecule has 0 atom stereocenters. The van der Waals surface area contributed by atoms with E-state index in [2.05, 4.69) is 10.3 Å². The van der Waals surface area contributed by atoms with Gasteiger partial charge in [0.15, 0.2) is 0 Å². The minimum atomic E-state index is -0.315. The molecule has 0 saturated heterocycles. The average Bonchev–Trinajstić information content (AvgIpc) is 3.17. The number of nitrogens with one attached hydrogen (secondary N) is 1. The first kappa shape index (κ1) is 18.8. The molecule has 3 rings (SSSR count). The second-order valence-corrected chi connectivity index (χ2v) is 6.67. The van der Waals surface area contributed by atoms with E-state index in [4.69, 9.17) is 9.47 Å². The van der Waals surface area contributed by atoms with Gasteiger partial charge in [-0.2, -0.15) is 0 Å². The van der Waals surface area contributed by atoms with E-state index in [1.54, 1.807) is 24.6 Å². The van der Waals surface area contributed by atoms with Gasteiger partial charge in [0.2, 0.25) is 0 Å². The molecule has 7 heteroatoms. The number of nitrogens with zero attached hydrogens (tertiary/aromatic N) is 1. The predicted octanol–water partition coefficient (Wildman–Crippen LogP) is 3.84. The van der Waals surface area contributed by atoms with Crippen LogP contribution < -0.4 is 14.8 Å². The van der Waals surface area contributed by atoms with E-state index < -0.39 is 0 Å². The first-order valence-electron chi connectivity index (χ1n) is 8.38. The first-order valence-corrected chi connectivity index (χ1v) is 9.26. The highest BCUT2D eigenvalue weighted by molar-refractivity contribution is 7.09. The molecule has 0 aliphatic heterocycles. The van der Waals surface area contributed by atoms with Gasteiger partial charge < -0.3 is 14.8 Å². The Bertz CT molecular complexity index is 879. The van der Waals surface area contributed by atoms with E-state index in [1.807, 2.05) is 24.3 Å². The van der Waals surface area contributed by atoms with Gasteiger partial charge in [0.1, 0.15) is 34.6 Å². The largest absolute Gasteiger partial charge is 0.497 e. The van der Waals surface area contributed by atoms with Crippen molar-refractivity contribution in [2.45, 2.75) is 13.0 Å². The minimum Gasteiger partial charge on any atom is -0.497 e. The highest BCUT2D eigenvalue weighted by atomic mass is 32.1. The zero-order valence-electron chi connectivity index (χ0n) is 14.8. The molecule has 0 saturated carbocycles. The molecule has 0 radical (unpaired) electrons. The summed E-state index contributed by atoms with van der Waals surface area (Å²) in [5.74, 6) is 0.829. The fourth-order valence-electron chi connectivity index (χ4n) is 2.36. The van der Waals surface area contributed by atoms with E-state index in [0.717, 1.165) is 17.7 Å². The third-order valence-electron chi connectivity index (χ3n) is 3.82. The molecule has 1 heterocycles. The third-order valence-corrected chi connectivity index (χ3v) is 4.64. The summed E-state index contributed by atoms with van der Waals surface area (Å²) in [5, 5.41) is 5.24. The predicted molar refractivity (Wildman–Crippen MR) is 102 cm³/mol. The molecule has 3 aromatic rings. The monoisotopic (exact) mass is 386 g/mol. The molecule has 0 fully saturated rings. The number of amides is 1. The molecule has 0 aliphatic rings. The first-order chi connectivity index (χ1) is 13.1. The second kappa shape index (κ2) is 9.14. The summed E-state index contributed by atoms with van der Waals surface area (Å²) in [6, 6.07) is 13.5. The normalized spacial score (nSPS) is 10.4. The van der Waals surface area contributed by atoms with Crippen molar-refractivity contribution in [1.29, 1.82) is 0 Å². The van der Waals surface area contributed by atoms with Crippen molar-refractivity contribution < 1.29 is 18.7 Å². The molecule has 0 aliphatic carbocycles. The van der Waals surface area contributed by atoms with Gasteiger partial charge in [-0.25, -0.2) is 9.37 Å². The molecule has 1 aromatic heterocycles. The van der Waals surface area contributed by atoms with Crippen molar-refractivity contribution >= 4 is 17.2 Å². The molecule has 1 amide bonds. The van der Waals surface area contributed by atoms with Crippen molar-refractivity contribution in [3.05, 3.63) is 76.0 Å². The Kier molecular flexibility index (Phi) is 6.38. The van der Waals surface area contributed by atoms with Gasteiger partial charge in [0, 0.05) is 11.9 Å². The van der Waals surface area contributed by atoms with E-state index >= 15 is 0 Å². The highest BCUT2D eigenvalue weighted by Gasteiger charge is 2.11. The van der Waals surface area contributed by atoms with Crippen LogP contribution in [-0.4, -0.2) is 24.5 Å². The highest BCUT2D eigenvalue weighted by Crippen LogP contribution is 2.16. The molecule has 1 N–H and O–H groups in total. The Labute approximate surface area is 160 Å². The Morgan fingerprint density at radius 1 is 1.11 bits per heavy atom. The topological polar surface area (TPSA) is 60.5 Å². The van der Waals surface area contributed by atoms with Gasteiger partial charge in [0.25, 0.3) is 5.91 Å². The summed E-state index contributed by atoms with van der Waals surface area (Å²) < 4.78 is 23.5. The molecule has 2 aromatic carbocycles. The van der Waals surface area contributed by atoms with Crippen LogP contribution in [0.4, 0.5) is 4.39 Å². The number of benzene rings is 2. The SMILES string of the molecule is COc1ccc(CCNC(=O)c2csc(COc3ccc(F)cc3)n2)cc1. The molecular formula is C20H19FN2O3S. The molecule has 0 unspecified atom stereocenters. The van der Waals surface area contributed by atoms with E-state index in [0.29, 0.717) is 23.0 Å². The van der Waals surface area contributed by atoms with Gasteiger partial charge in [-0.3, -0.25) is 4.79 Å². The van der Waals surface area contributed by atoms with Crippen LogP contribution in [0.5, 0.6) is 11.5 Å². The zero-order valence-corrected chi connectivity index (χ0v) is 15.6. The van der Waals surface area contributed by atoms with Crippen molar-refractivity contribution in [3.8, 4) is 11.5 Å². The van der Waals surface area contributed by atoms with Crippen molar-refractivity contribution in [2.75, 3.05) is 13.7 Å². The van der Waals surface area contributed by atoms with Crippen LogP contribution >= 0.6 is 11.3 Å². The number of hydrogen-bond acceptors (Lipinski definition) is 5. The summed E-state index contributed by atoms with van der Waals surface area (Å²) in [6.07, 6.45) is 0.723. The van der Waals surface area contributed by atoms with Crippen LogP contribution in [0.3, 0.4) is 0 Å². The number of halogens is 1. The van der Waals surface area contributed by atoms with Crippen LogP contribution in [0.1, 0.15) is 21.1 Å². The number of aromatic nitrogens is 1. The quantitative estimate of drug-likeness (QED) is 0.639. The van der Waals surface area contributed by atoms with Crippen molar-refractivity contribution in [3.63, 3.8) is 0 Å². The summed E-state index contributed by atoms with van der Waals surface area (Å²) >= 11 is 1.35. The number of ether oxygens (including phenoxy) is 2. The lowest BCUT2D eigenvalue weighted by molar-refractivity contribution is 0.0949. The Hall–Kier alpha value is -2.93. The average molecular weight is 386 g/mol. The van der Waals surface area contributed by atoms with Gasteiger partial charge in [-0.15, -0.1) is 11.3 Å². The van der Waals surface area contributed by atoms with Gasteiger partial charge >= 0.3 is 0 Å². The zero-order chi connectivity index (χ0) is 19.1. The van der Waals surface area contributed by atoms with Crippen molar-refractivity contribution in [2.24, 2.45) is 0 Å². The van der Waals surface area contributed by atoms with Crippen molar-refractivity contribution in [1.82, 2.24) is 10.3 Å². The van der Waals surface area contributed by atoms with Crippen LogP contribution in [0, 0.1) is 5.82 Å². The fraction of sp³-hybridized carbons (Fsp3) is 0.200. The summed E-state index contributed by atoms with van der Waals surface area (Å²) in [6.45, 7) is 0.750. The molecule has 27 heavy (non-hydrogen) atoms. The number of thiazole rings is 1. The van der Waals surface area contributed by atoms with Gasteiger partial charge in [-0.1, -0.05) is 12.1 Å². The van der Waals surface area contributed by atoms with Gasteiger partial charge in [-0.05, 0) is 48.4 Å². The fourth-order valence-corrected chi connectivity index (χ4v) is 3.05. The molecule has 0 bridgehead atoms. The third kappa shape index (κ3) is 5.52. The molecular weight excluding hydrogens is 367 g/mol. The molecule has 0 spiro atoms. The Balaban J connectivity index is 1.45. The number of carbonyl (C=O) groups excluding carboxylic acids is 1. The summed E-state index contributed by atoms with van der Waals surface area (Å²) in [5.41, 5.74) is 1.48. The maximum absolute atomic E-state index is 12.9. The standard InChI is InChI=1S/C20H19FN2O3S/c1-25-16-6-2-14(3-7-16)10-11-22-20(24)18-13-27-19(23-18)12-26-17-8-4-15(21)5-9-17/h2-9,13H,10-12H2,1H3,(H,22,24). The Morgan fingerprint density at radius 2 is 1.81 bits per heavy atom. The summed E-state index contributed by atoms with van der Waals surface area (Å²) in [4.78, 5) is 16.5. The lowest BCUT2D eigenvalue weighted by Gasteiger charge is -2.05. The lowest BCUT2D eigenvalue weighted by Crippen LogP contribution is -2.26. The van der Waals surface area contributed by atoms with Crippen LogP contribution in [0.2, 0.25) is 0 Å². The molecule has 5 nitrogen and oxygen atoms in total. The number of carbonyl (C=O) groups is 1. The summed E-state index contributed by atoms with van der Waals surface area (Å²) in [7, 11) is 1.63. The van der Waals surface area contributed by atoms with E-state index in [-0.39, 0.29) is 18.3 Å². The smallest absolute Gasteiger partial charge is 0.270 e. The number of hydrogen-bond donors (Lipinski definition) is 1. The Morgan fingerprint density at radius 3 is 2.52 bits per heavy atom. The maximum atomic E-state index is 12.9. The lowest BCUT2D eigenvalue weighted by atomic mass is 10.1. The second-order valence-electron chi connectivity index (χ2n) is 5.72. The van der Waals surface area contributed by atoms with E-state index in [1.165, 1.54) is 23.5 Å². The van der Waals surface area contributed by atoms with E-state index in [9.17, 15) is 9.18 Å². The number of methoxy groups -OCH3 is 1. The molecule has 140 valence electrons.